The molecule has 2 aromatic carbocycles. The van der Waals surface area contributed by atoms with Crippen LogP contribution in [0.4, 0.5) is 0 Å². The zero-order valence-electron chi connectivity index (χ0n) is 14.3. The quantitative estimate of drug-likeness (QED) is 0.739. The fourth-order valence-corrected chi connectivity index (χ4v) is 2.66. The van der Waals surface area contributed by atoms with Crippen molar-refractivity contribution < 1.29 is 14.2 Å². The van der Waals surface area contributed by atoms with Crippen LogP contribution in [0.3, 0.4) is 0 Å². The molecule has 0 amide bonds. The van der Waals surface area contributed by atoms with Crippen LogP contribution >= 0.6 is 0 Å². The van der Waals surface area contributed by atoms with Gasteiger partial charge in [-0.3, -0.25) is 0 Å². The summed E-state index contributed by atoms with van der Waals surface area (Å²) in [5.41, 5.74) is 2.32. The summed E-state index contributed by atoms with van der Waals surface area (Å²) in [4.78, 5) is 0. The third kappa shape index (κ3) is 4.65. The van der Waals surface area contributed by atoms with Crippen LogP contribution in [0.2, 0.25) is 0 Å². The first kappa shape index (κ1) is 17.1. The zero-order chi connectivity index (χ0) is 17.5. The lowest BCUT2D eigenvalue weighted by Gasteiger charge is -2.15. The molecule has 2 aromatic rings. The van der Waals surface area contributed by atoms with Gasteiger partial charge in [0.05, 0.1) is 12.7 Å². The Balaban J connectivity index is 1.53. The van der Waals surface area contributed by atoms with Crippen molar-refractivity contribution in [2.75, 3.05) is 13.4 Å². The van der Waals surface area contributed by atoms with E-state index < -0.39 is 0 Å². The molecule has 5 nitrogen and oxygen atoms in total. The zero-order valence-corrected chi connectivity index (χ0v) is 14.3. The summed E-state index contributed by atoms with van der Waals surface area (Å²) in [6, 6.07) is 16.4. The van der Waals surface area contributed by atoms with Crippen molar-refractivity contribution in [2.45, 2.75) is 32.4 Å². The van der Waals surface area contributed by atoms with E-state index in [-0.39, 0.29) is 6.04 Å². The number of nitrogens with one attached hydrogen (secondary N) is 1. The molecule has 0 aliphatic carbocycles. The van der Waals surface area contributed by atoms with E-state index in [2.05, 4.69) is 30.4 Å². The summed E-state index contributed by atoms with van der Waals surface area (Å²) >= 11 is 0. The first-order chi connectivity index (χ1) is 12.3. The van der Waals surface area contributed by atoms with Crippen molar-refractivity contribution in [3.05, 3.63) is 53.6 Å². The predicted octanol–water partition coefficient (Wildman–Crippen LogP) is 3.95. The fraction of sp³-hybridized carbons (Fsp3) is 0.350. The number of rotatable bonds is 8. The predicted molar refractivity (Wildman–Crippen MR) is 94.6 cm³/mol. The summed E-state index contributed by atoms with van der Waals surface area (Å²) in [5, 5.41) is 12.1. The first-order valence-electron chi connectivity index (χ1n) is 8.48. The average molecular weight is 338 g/mol. The molecule has 1 N–H and O–H groups in total. The van der Waals surface area contributed by atoms with Crippen LogP contribution in [-0.4, -0.2) is 13.4 Å². The second-order valence-electron chi connectivity index (χ2n) is 5.97. The van der Waals surface area contributed by atoms with Crippen LogP contribution in [0, 0.1) is 11.3 Å². The largest absolute Gasteiger partial charge is 0.494 e. The Labute approximate surface area is 148 Å². The highest BCUT2D eigenvalue weighted by Crippen LogP contribution is 2.34. The molecule has 0 fully saturated rings. The Bertz CT molecular complexity index is 755. The number of hydrogen-bond acceptors (Lipinski definition) is 5. The maximum Gasteiger partial charge on any atom is 0.231 e. The van der Waals surface area contributed by atoms with Crippen LogP contribution in [-0.2, 0) is 6.54 Å². The molecule has 0 saturated heterocycles. The van der Waals surface area contributed by atoms with Gasteiger partial charge in [-0.05, 0) is 48.7 Å². The van der Waals surface area contributed by atoms with E-state index >= 15 is 0 Å². The van der Waals surface area contributed by atoms with Crippen molar-refractivity contribution in [1.82, 2.24) is 5.32 Å². The van der Waals surface area contributed by atoms with Crippen LogP contribution in [0.15, 0.2) is 42.5 Å². The Morgan fingerprint density at radius 2 is 2.08 bits per heavy atom. The van der Waals surface area contributed by atoms with Crippen LogP contribution in [0.25, 0.3) is 0 Å². The number of benzene rings is 2. The summed E-state index contributed by atoms with van der Waals surface area (Å²) < 4.78 is 16.5. The Morgan fingerprint density at radius 3 is 2.96 bits per heavy atom. The van der Waals surface area contributed by atoms with Gasteiger partial charge in [0.2, 0.25) is 6.79 Å². The monoisotopic (exact) mass is 338 g/mol. The number of nitriles is 1. The molecular weight excluding hydrogens is 316 g/mol. The van der Waals surface area contributed by atoms with E-state index in [0.717, 1.165) is 41.3 Å². The molecule has 0 saturated carbocycles. The first-order valence-corrected chi connectivity index (χ1v) is 8.48. The second-order valence-corrected chi connectivity index (χ2v) is 5.97. The maximum absolute atomic E-state index is 8.55. The van der Waals surface area contributed by atoms with Crippen molar-refractivity contribution in [2.24, 2.45) is 0 Å². The van der Waals surface area contributed by atoms with Gasteiger partial charge < -0.3 is 19.5 Å². The Hall–Kier alpha value is -2.71. The van der Waals surface area contributed by atoms with E-state index in [0.29, 0.717) is 19.8 Å². The number of nitrogens with zero attached hydrogens (tertiary/aromatic N) is 1. The highest BCUT2D eigenvalue weighted by Gasteiger charge is 2.15. The van der Waals surface area contributed by atoms with E-state index in [1.807, 2.05) is 30.3 Å². The lowest BCUT2D eigenvalue weighted by molar-refractivity contribution is 0.174. The summed E-state index contributed by atoms with van der Waals surface area (Å²) in [5.74, 6) is 2.45. The lowest BCUT2D eigenvalue weighted by Crippen LogP contribution is -2.18. The molecule has 1 aliphatic heterocycles. The van der Waals surface area contributed by atoms with Crippen molar-refractivity contribution >= 4 is 0 Å². The van der Waals surface area contributed by atoms with Gasteiger partial charge in [-0.1, -0.05) is 18.2 Å². The summed E-state index contributed by atoms with van der Waals surface area (Å²) in [7, 11) is 0. The molecule has 5 heteroatoms. The standard InChI is InChI=1S/C20H22N2O3/c1-15(17-7-8-19-20(12-17)25-14-24-19)22-13-16-5-4-6-18(11-16)23-10-3-2-9-21/h4-8,11-12,15,22H,2-3,10,13-14H2,1H3. The molecule has 130 valence electrons. The molecule has 3 rings (SSSR count). The third-order valence-electron chi connectivity index (χ3n) is 4.11. The molecule has 1 unspecified atom stereocenters. The molecule has 0 bridgehead atoms. The van der Waals surface area contributed by atoms with Crippen LogP contribution < -0.4 is 19.5 Å². The molecular formula is C20H22N2O3. The second kappa shape index (κ2) is 8.41. The Kier molecular flexibility index (Phi) is 5.76. The van der Waals surface area contributed by atoms with E-state index in [1.54, 1.807) is 0 Å². The fourth-order valence-electron chi connectivity index (χ4n) is 2.66. The van der Waals surface area contributed by atoms with Crippen molar-refractivity contribution in [1.29, 1.82) is 5.26 Å². The van der Waals surface area contributed by atoms with Gasteiger partial charge in [-0.25, -0.2) is 0 Å². The minimum Gasteiger partial charge on any atom is -0.494 e. The van der Waals surface area contributed by atoms with Gasteiger partial charge in [-0.15, -0.1) is 0 Å². The van der Waals surface area contributed by atoms with Gasteiger partial charge >= 0.3 is 0 Å². The normalized spacial score (nSPS) is 13.3. The summed E-state index contributed by atoms with van der Waals surface area (Å²) in [6.45, 7) is 3.73. The van der Waals surface area contributed by atoms with E-state index in [4.69, 9.17) is 19.5 Å². The third-order valence-corrected chi connectivity index (χ3v) is 4.11. The molecule has 25 heavy (non-hydrogen) atoms. The number of ether oxygens (including phenoxy) is 3. The Morgan fingerprint density at radius 1 is 1.20 bits per heavy atom. The van der Waals surface area contributed by atoms with Gasteiger partial charge in [0.15, 0.2) is 11.5 Å². The maximum atomic E-state index is 8.55. The molecule has 1 atom stereocenters. The number of hydrogen-bond donors (Lipinski definition) is 1. The lowest BCUT2D eigenvalue weighted by atomic mass is 10.1. The molecule has 0 aromatic heterocycles. The van der Waals surface area contributed by atoms with Gasteiger partial charge in [0.25, 0.3) is 0 Å². The van der Waals surface area contributed by atoms with Gasteiger partial charge in [-0.2, -0.15) is 5.26 Å². The number of unbranched alkanes of at least 4 members (excludes halogenated alkanes) is 1. The smallest absolute Gasteiger partial charge is 0.231 e. The van der Waals surface area contributed by atoms with Gasteiger partial charge in [0, 0.05) is 19.0 Å². The van der Waals surface area contributed by atoms with Crippen LogP contribution in [0.1, 0.15) is 36.9 Å². The van der Waals surface area contributed by atoms with E-state index in [9.17, 15) is 0 Å². The minimum absolute atomic E-state index is 0.190. The molecule has 0 spiro atoms. The minimum atomic E-state index is 0.190. The van der Waals surface area contributed by atoms with Crippen molar-refractivity contribution in [3.63, 3.8) is 0 Å². The van der Waals surface area contributed by atoms with Crippen molar-refractivity contribution in [3.8, 4) is 23.3 Å². The molecule has 1 heterocycles. The SMILES string of the molecule is CC(NCc1cccc(OCCCC#N)c1)c1ccc2c(c1)OCO2. The molecule has 0 radical (unpaired) electrons. The highest BCUT2D eigenvalue weighted by molar-refractivity contribution is 5.45. The topological polar surface area (TPSA) is 63.5 Å². The van der Waals surface area contributed by atoms with Crippen LogP contribution in [0.5, 0.6) is 17.2 Å². The number of fused-ring (bicyclic) bond motifs is 1. The average Bonchev–Trinajstić information content (AvgIpc) is 3.11. The highest BCUT2D eigenvalue weighted by atomic mass is 16.7. The summed E-state index contributed by atoms with van der Waals surface area (Å²) in [6.07, 6.45) is 1.27. The van der Waals surface area contributed by atoms with E-state index in [1.165, 1.54) is 0 Å². The molecule has 1 aliphatic rings. The van der Waals surface area contributed by atoms with Gasteiger partial charge in [0.1, 0.15) is 5.75 Å².